The van der Waals surface area contributed by atoms with Gasteiger partial charge in [-0.15, -0.1) is 0 Å². The van der Waals surface area contributed by atoms with Gasteiger partial charge in [0.15, 0.2) is 0 Å². The van der Waals surface area contributed by atoms with E-state index in [-0.39, 0.29) is 5.91 Å². The topological polar surface area (TPSA) is 36.1 Å². The van der Waals surface area contributed by atoms with Crippen LogP contribution in [0.3, 0.4) is 0 Å². The highest BCUT2D eigenvalue weighted by molar-refractivity contribution is 5.92. The van der Waals surface area contributed by atoms with Crippen LogP contribution < -0.4 is 0 Å². The van der Waals surface area contributed by atoms with Crippen molar-refractivity contribution in [3.05, 3.63) is 78.0 Å². The molecule has 0 aliphatic heterocycles. The molecular weight excluding hydrogens is 296 g/mol. The number of nitrogens with one attached hydrogen (secondary N) is 1. The van der Waals surface area contributed by atoms with Gasteiger partial charge in [-0.05, 0) is 53.6 Å². The Kier molecular flexibility index (Phi) is 3.91. The average Bonchev–Trinajstić information content (AvgIpc) is 3.35. The fourth-order valence-corrected chi connectivity index (χ4v) is 3.00. The van der Waals surface area contributed by atoms with E-state index in [0.717, 1.165) is 23.9 Å². The molecule has 1 fully saturated rings. The first-order valence-electron chi connectivity index (χ1n) is 8.39. The minimum atomic E-state index is 0.0931. The van der Waals surface area contributed by atoms with Crippen LogP contribution in [0.1, 0.15) is 24.0 Å². The maximum absolute atomic E-state index is 12.6. The van der Waals surface area contributed by atoms with Crippen molar-refractivity contribution < 1.29 is 4.79 Å². The van der Waals surface area contributed by atoms with Crippen molar-refractivity contribution >= 4 is 22.9 Å². The molecule has 4 rings (SSSR count). The molecule has 120 valence electrons. The number of aromatic nitrogens is 1. The van der Waals surface area contributed by atoms with Gasteiger partial charge >= 0.3 is 0 Å². The predicted octanol–water partition coefficient (Wildman–Crippen LogP) is 4.37. The van der Waals surface area contributed by atoms with Crippen LogP contribution in [0.2, 0.25) is 0 Å². The summed E-state index contributed by atoms with van der Waals surface area (Å²) in [6.45, 7) is 0.670. The van der Waals surface area contributed by atoms with E-state index in [1.54, 1.807) is 6.08 Å². The van der Waals surface area contributed by atoms with Gasteiger partial charge < -0.3 is 9.88 Å². The highest BCUT2D eigenvalue weighted by Gasteiger charge is 2.31. The first kappa shape index (κ1) is 14.8. The monoisotopic (exact) mass is 316 g/mol. The van der Waals surface area contributed by atoms with Crippen molar-refractivity contribution in [1.82, 2.24) is 9.88 Å². The van der Waals surface area contributed by atoms with E-state index in [9.17, 15) is 4.79 Å². The molecule has 1 saturated carbocycles. The Balaban J connectivity index is 1.51. The molecule has 1 amide bonds. The molecule has 3 heteroatoms. The highest BCUT2D eigenvalue weighted by Crippen LogP contribution is 2.29. The average molecular weight is 316 g/mol. The predicted molar refractivity (Wildman–Crippen MR) is 97.3 cm³/mol. The molecule has 2 aromatic carbocycles. The summed E-state index contributed by atoms with van der Waals surface area (Å²) in [7, 11) is 0. The Morgan fingerprint density at radius 3 is 2.75 bits per heavy atom. The van der Waals surface area contributed by atoms with E-state index in [4.69, 9.17) is 0 Å². The van der Waals surface area contributed by atoms with Gasteiger partial charge in [0.25, 0.3) is 0 Å². The van der Waals surface area contributed by atoms with E-state index in [1.807, 2.05) is 47.5 Å². The number of carbonyl (C=O) groups excluding carboxylic acids is 1. The lowest BCUT2D eigenvalue weighted by molar-refractivity contribution is -0.127. The van der Waals surface area contributed by atoms with Crippen LogP contribution in [0.5, 0.6) is 0 Å². The number of benzene rings is 2. The Morgan fingerprint density at radius 1 is 1.12 bits per heavy atom. The standard InChI is InChI=1S/C21H20N2O/c24-21(11-7-16-4-2-1-3-5-16)23(19-8-9-19)15-17-6-10-20-18(14-17)12-13-22-20/h1-7,10-14,19,22H,8-9,15H2. The minimum absolute atomic E-state index is 0.0931. The number of H-pyrrole nitrogens is 1. The van der Waals surface area contributed by atoms with Gasteiger partial charge in [0, 0.05) is 30.4 Å². The number of carbonyl (C=O) groups is 1. The van der Waals surface area contributed by atoms with Crippen LogP contribution in [0.4, 0.5) is 0 Å². The summed E-state index contributed by atoms with van der Waals surface area (Å²) in [5, 5.41) is 1.19. The van der Waals surface area contributed by atoms with Gasteiger partial charge in [0.2, 0.25) is 5.91 Å². The zero-order valence-electron chi connectivity index (χ0n) is 13.5. The molecule has 1 aromatic heterocycles. The van der Waals surface area contributed by atoms with E-state index < -0.39 is 0 Å². The molecule has 1 heterocycles. The van der Waals surface area contributed by atoms with Gasteiger partial charge in [-0.25, -0.2) is 0 Å². The lowest BCUT2D eigenvalue weighted by Gasteiger charge is -2.21. The first-order valence-corrected chi connectivity index (χ1v) is 8.39. The maximum atomic E-state index is 12.6. The van der Waals surface area contributed by atoms with Crippen molar-refractivity contribution in [2.45, 2.75) is 25.4 Å². The number of nitrogens with zero attached hydrogens (tertiary/aromatic N) is 1. The Labute approximate surface area is 141 Å². The zero-order chi connectivity index (χ0) is 16.4. The second-order valence-corrected chi connectivity index (χ2v) is 6.34. The Hall–Kier alpha value is -2.81. The minimum Gasteiger partial charge on any atom is -0.361 e. The number of hydrogen-bond acceptors (Lipinski definition) is 1. The van der Waals surface area contributed by atoms with Crippen molar-refractivity contribution in [2.24, 2.45) is 0 Å². The van der Waals surface area contributed by atoms with Crippen molar-refractivity contribution in [3.8, 4) is 0 Å². The summed E-state index contributed by atoms with van der Waals surface area (Å²) < 4.78 is 0. The lowest BCUT2D eigenvalue weighted by Crippen LogP contribution is -2.31. The summed E-state index contributed by atoms with van der Waals surface area (Å²) in [6.07, 6.45) is 7.75. The number of aromatic amines is 1. The van der Waals surface area contributed by atoms with Gasteiger partial charge in [0.05, 0.1) is 0 Å². The summed E-state index contributed by atoms with van der Waals surface area (Å²) in [5.74, 6) is 0.0931. The largest absolute Gasteiger partial charge is 0.361 e. The summed E-state index contributed by atoms with van der Waals surface area (Å²) in [4.78, 5) is 17.8. The third-order valence-electron chi connectivity index (χ3n) is 4.46. The summed E-state index contributed by atoms with van der Waals surface area (Å²) in [6, 6.07) is 18.8. The summed E-state index contributed by atoms with van der Waals surface area (Å²) in [5.41, 5.74) is 3.36. The van der Waals surface area contributed by atoms with Crippen LogP contribution >= 0.6 is 0 Å². The maximum Gasteiger partial charge on any atom is 0.247 e. The lowest BCUT2D eigenvalue weighted by atomic mass is 10.1. The Bertz CT molecular complexity index is 875. The van der Waals surface area contributed by atoms with Crippen LogP contribution in [0.25, 0.3) is 17.0 Å². The normalized spacial score (nSPS) is 14.3. The van der Waals surface area contributed by atoms with Crippen molar-refractivity contribution in [2.75, 3.05) is 0 Å². The third kappa shape index (κ3) is 3.25. The van der Waals surface area contributed by atoms with Gasteiger partial charge in [-0.1, -0.05) is 36.4 Å². The molecule has 1 N–H and O–H groups in total. The van der Waals surface area contributed by atoms with Crippen molar-refractivity contribution in [1.29, 1.82) is 0 Å². The molecule has 0 spiro atoms. The number of amides is 1. The number of rotatable bonds is 5. The van der Waals surface area contributed by atoms with Gasteiger partial charge in [0.1, 0.15) is 0 Å². The van der Waals surface area contributed by atoms with E-state index >= 15 is 0 Å². The van der Waals surface area contributed by atoms with Crippen LogP contribution in [0, 0.1) is 0 Å². The molecule has 24 heavy (non-hydrogen) atoms. The smallest absolute Gasteiger partial charge is 0.247 e. The molecule has 3 aromatic rings. The first-order chi connectivity index (χ1) is 11.8. The fourth-order valence-electron chi connectivity index (χ4n) is 3.00. The quantitative estimate of drug-likeness (QED) is 0.697. The molecular formula is C21H20N2O. The third-order valence-corrected chi connectivity index (χ3v) is 4.46. The number of fused-ring (bicyclic) bond motifs is 1. The van der Waals surface area contributed by atoms with E-state index in [2.05, 4.69) is 29.2 Å². The summed E-state index contributed by atoms with van der Waals surface area (Å²) >= 11 is 0. The van der Waals surface area contributed by atoms with Gasteiger partial charge in [-0.3, -0.25) is 4.79 Å². The van der Waals surface area contributed by atoms with E-state index in [1.165, 1.54) is 10.9 Å². The Morgan fingerprint density at radius 2 is 1.96 bits per heavy atom. The van der Waals surface area contributed by atoms with Crippen molar-refractivity contribution in [3.63, 3.8) is 0 Å². The van der Waals surface area contributed by atoms with Crippen LogP contribution in [0.15, 0.2) is 66.9 Å². The highest BCUT2D eigenvalue weighted by atomic mass is 16.2. The molecule has 1 aliphatic rings. The zero-order valence-corrected chi connectivity index (χ0v) is 13.5. The van der Waals surface area contributed by atoms with E-state index in [0.29, 0.717) is 12.6 Å². The second-order valence-electron chi connectivity index (χ2n) is 6.34. The molecule has 0 atom stereocenters. The van der Waals surface area contributed by atoms with Gasteiger partial charge in [-0.2, -0.15) is 0 Å². The van der Waals surface area contributed by atoms with Crippen LogP contribution in [-0.4, -0.2) is 21.8 Å². The molecule has 0 radical (unpaired) electrons. The SMILES string of the molecule is O=C(C=Cc1ccccc1)N(Cc1ccc2[nH]ccc2c1)C1CC1. The molecule has 0 unspecified atom stereocenters. The molecule has 0 saturated heterocycles. The number of hydrogen-bond donors (Lipinski definition) is 1. The fraction of sp³-hybridized carbons (Fsp3) is 0.190. The van der Waals surface area contributed by atoms with Crippen LogP contribution in [-0.2, 0) is 11.3 Å². The molecule has 0 bridgehead atoms. The molecule has 1 aliphatic carbocycles. The second kappa shape index (κ2) is 6.36. The molecule has 3 nitrogen and oxygen atoms in total.